The number of carbonyl (C=O) groups is 1. The lowest BCUT2D eigenvalue weighted by Gasteiger charge is -2.02. The third-order valence-corrected chi connectivity index (χ3v) is 5.81. The normalized spacial score (nSPS) is 11.1. The van der Waals surface area contributed by atoms with Crippen LogP contribution in [-0.2, 0) is 11.8 Å². The van der Waals surface area contributed by atoms with Gasteiger partial charge in [-0.2, -0.15) is 0 Å². The van der Waals surface area contributed by atoms with Gasteiger partial charge in [-0.1, -0.05) is 59.3 Å². The van der Waals surface area contributed by atoms with Crippen LogP contribution in [0.25, 0.3) is 28.0 Å². The Kier molecular flexibility index (Phi) is 6.11. The second-order valence-corrected chi connectivity index (χ2v) is 8.12. The summed E-state index contributed by atoms with van der Waals surface area (Å²) >= 11 is 7.14. The number of hydrogen-bond acceptors (Lipinski definition) is 6. The second-order valence-electron chi connectivity index (χ2n) is 6.72. The lowest BCUT2D eigenvalue weighted by Crippen LogP contribution is -2.07. The molecule has 0 unspecified atom stereocenters. The van der Waals surface area contributed by atoms with Crippen molar-refractivity contribution in [3.05, 3.63) is 87.7 Å². The molecule has 1 N–H and O–H groups in total. The fourth-order valence-corrected chi connectivity index (χ4v) is 4.21. The van der Waals surface area contributed by atoms with E-state index in [9.17, 15) is 14.9 Å². The zero-order chi connectivity index (χ0) is 22.7. The number of amides is 1. The summed E-state index contributed by atoms with van der Waals surface area (Å²) in [6, 6.07) is 14.0. The number of aryl methyl sites for hydroxylation is 1. The molecule has 0 aliphatic rings. The van der Waals surface area contributed by atoms with Crippen LogP contribution in [0.15, 0.2) is 67.0 Å². The molecule has 0 saturated heterocycles. The lowest BCUT2D eigenvalue weighted by molar-refractivity contribution is -0.384. The Morgan fingerprint density at radius 2 is 2.03 bits per heavy atom. The molecule has 160 valence electrons. The van der Waals surface area contributed by atoms with Crippen LogP contribution in [0.5, 0.6) is 0 Å². The Morgan fingerprint density at radius 1 is 1.25 bits per heavy atom. The van der Waals surface area contributed by atoms with E-state index in [2.05, 4.69) is 15.3 Å². The molecule has 2 heterocycles. The topological polar surface area (TPSA) is 103 Å². The van der Waals surface area contributed by atoms with E-state index in [-0.39, 0.29) is 10.7 Å². The molecule has 0 aliphatic heterocycles. The van der Waals surface area contributed by atoms with Crippen molar-refractivity contribution in [3.8, 4) is 22.0 Å². The van der Waals surface area contributed by atoms with Crippen LogP contribution in [0.3, 0.4) is 0 Å². The highest BCUT2D eigenvalue weighted by atomic mass is 35.5. The van der Waals surface area contributed by atoms with Gasteiger partial charge in [-0.15, -0.1) is 0 Å². The Morgan fingerprint density at radius 3 is 2.72 bits per heavy atom. The van der Waals surface area contributed by atoms with Gasteiger partial charge in [0.05, 0.1) is 15.5 Å². The molecule has 0 saturated carbocycles. The summed E-state index contributed by atoms with van der Waals surface area (Å²) in [5.41, 5.74) is 1.89. The van der Waals surface area contributed by atoms with Gasteiger partial charge in [0.2, 0.25) is 5.91 Å². The maximum atomic E-state index is 12.5. The zero-order valence-corrected chi connectivity index (χ0v) is 18.3. The number of aromatic nitrogens is 3. The van der Waals surface area contributed by atoms with Crippen LogP contribution < -0.4 is 5.32 Å². The molecule has 0 bridgehead atoms. The maximum absolute atomic E-state index is 12.5. The number of nitro benzene ring substituents is 1. The fraction of sp³-hybridized carbons (Fsp3) is 0.0455. The van der Waals surface area contributed by atoms with Gasteiger partial charge in [0.25, 0.3) is 5.69 Å². The van der Waals surface area contributed by atoms with E-state index in [1.54, 1.807) is 12.3 Å². The molecule has 0 radical (unpaired) electrons. The smallest absolute Gasteiger partial charge is 0.288 e. The monoisotopic (exact) mass is 465 g/mol. The first-order valence-electron chi connectivity index (χ1n) is 9.39. The molecule has 8 nitrogen and oxygen atoms in total. The molecular formula is C22H16ClN5O3S. The average Bonchev–Trinajstić information content (AvgIpc) is 3.39. The van der Waals surface area contributed by atoms with Gasteiger partial charge in [0, 0.05) is 37.1 Å². The highest BCUT2D eigenvalue weighted by molar-refractivity contribution is 7.19. The van der Waals surface area contributed by atoms with Crippen molar-refractivity contribution in [1.29, 1.82) is 0 Å². The number of benzene rings is 2. The summed E-state index contributed by atoms with van der Waals surface area (Å²) in [7, 11) is 1.89. The molecule has 4 aromatic rings. The predicted octanol–water partition coefficient (Wildman–Crippen LogP) is 5.42. The van der Waals surface area contributed by atoms with Gasteiger partial charge >= 0.3 is 0 Å². The van der Waals surface area contributed by atoms with Crippen LogP contribution in [0, 0.1) is 10.1 Å². The number of rotatable bonds is 6. The minimum atomic E-state index is -0.570. The molecule has 0 atom stereocenters. The van der Waals surface area contributed by atoms with Gasteiger partial charge < -0.3 is 4.57 Å². The number of halogens is 1. The first-order chi connectivity index (χ1) is 15.4. The van der Waals surface area contributed by atoms with Crippen molar-refractivity contribution >= 4 is 45.7 Å². The van der Waals surface area contributed by atoms with Crippen LogP contribution >= 0.6 is 22.9 Å². The van der Waals surface area contributed by atoms with Crippen LogP contribution in [0.2, 0.25) is 5.02 Å². The van der Waals surface area contributed by atoms with Crippen molar-refractivity contribution in [2.24, 2.45) is 7.05 Å². The zero-order valence-electron chi connectivity index (χ0n) is 16.7. The van der Waals surface area contributed by atoms with E-state index in [4.69, 9.17) is 11.6 Å². The van der Waals surface area contributed by atoms with Crippen LogP contribution in [0.1, 0.15) is 5.56 Å². The Balaban J connectivity index is 1.60. The summed E-state index contributed by atoms with van der Waals surface area (Å²) in [6.07, 6.45) is 6.31. The maximum Gasteiger partial charge on any atom is 0.288 e. The number of thiazole rings is 1. The number of nitrogens with one attached hydrogen (secondary N) is 1. The van der Waals surface area contributed by atoms with Crippen molar-refractivity contribution in [2.75, 3.05) is 5.32 Å². The van der Waals surface area contributed by atoms with Gasteiger partial charge in [-0.25, -0.2) is 9.97 Å². The largest absolute Gasteiger partial charge is 0.333 e. The van der Waals surface area contributed by atoms with E-state index < -0.39 is 10.8 Å². The summed E-state index contributed by atoms with van der Waals surface area (Å²) in [6.45, 7) is 0. The standard InChI is InChI=1S/C22H16ClN5O3S/c1-27-12-11-24-21(27)20-19(15-5-3-2-4-6-15)26-22(32-20)25-18(29)10-8-14-7-9-16(23)17(13-14)28(30)31/h2-13H,1H3,(H,25,26,29)/b10-8+. The molecule has 0 spiro atoms. The number of carbonyl (C=O) groups excluding carboxylic acids is 1. The van der Waals surface area contributed by atoms with Crippen LogP contribution in [-0.4, -0.2) is 25.4 Å². The first-order valence-corrected chi connectivity index (χ1v) is 10.6. The lowest BCUT2D eigenvalue weighted by atomic mass is 10.1. The Labute approximate surface area is 192 Å². The van der Waals surface area contributed by atoms with Gasteiger partial charge in [-0.05, 0) is 17.7 Å². The highest BCUT2D eigenvalue weighted by Crippen LogP contribution is 2.38. The fourth-order valence-electron chi connectivity index (χ4n) is 2.99. The Bertz CT molecular complexity index is 1330. The molecule has 1 amide bonds. The van der Waals surface area contributed by atoms with Crippen molar-refractivity contribution in [2.45, 2.75) is 0 Å². The van der Waals surface area contributed by atoms with E-state index in [1.165, 1.54) is 35.6 Å². The van der Waals surface area contributed by atoms with Crippen molar-refractivity contribution in [1.82, 2.24) is 14.5 Å². The average molecular weight is 466 g/mol. The molecule has 4 rings (SSSR count). The second kappa shape index (κ2) is 9.13. The number of nitro groups is 1. The molecule has 2 aromatic carbocycles. The molecule has 0 aliphatic carbocycles. The van der Waals surface area contributed by atoms with E-state index >= 15 is 0 Å². The summed E-state index contributed by atoms with van der Waals surface area (Å²) in [5, 5.41) is 14.2. The quantitative estimate of drug-likeness (QED) is 0.232. The molecule has 10 heteroatoms. The SMILES string of the molecule is Cn1ccnc1-c1sc(NC(=O)/C=C/c2ccc(Cl)c([N+](=O)[O-])c2)nc1-c1ccccc1. The van der Waals surface area contributed by atoms with Crippen LogP contribution in [0.4, 0.5) is 10.8 Å². The van der Waals surface area contributed by atoms with Gasteiger partial charge in [0.1, 0.15) is 5.02 Å². The third kappa shape index (κ3) is 4.58. The molecule has 2 aromatic heterocycles. The molecular weight excluding hydrogens is 450 g/mol. The van der Waals surface area contributed by atoms with Gasteiger partial charge in [-0.3, -0.25) is 20.2 Å². The first kappa shape index (κ1) is 21.4. The van der Waals surface area contributed by atoms with E-state index in [0.29, 0.717) is 10.7 Å². The minimum absolute atomic E-state index is 0.0367. The van der Waals surface area contributed by atoms with E-state index in [1.807, 2.05) is 48.1 Å². The number of anilines is 1. The number of hydrogen-bond donors (Lipinski definition) is 1. The number of nitrogens with zero attached hydrogens (tertiary/aromatic N) is 4. The molecule has 0 fully saturated rings. The van der Waals surface area contributed by atoms with Crippen molar-refractivity contribution < 1.29 is 9.72 Å². The Hall–Kier alpha value is -3.82. The summed E-state index contributed by atoms with van der Waals surface area (Å²) in [5.74, 6) is 0.327. The van der Waals surface area contributed by atoms with Gasteiger partial charge in [0.15, 0.2) is 11.0 Å². The highest BCUT2D eigenvalue weighted by Gasteiger charge is 2.19. The molecule has 32 heavy (non-hydrogen) atoms. The van der Waals surface area contributed by atoms with Crippen molar-refractivity contribution in [3.63, 3.8) is 0 Å². The minimum Gasteiger partial charge on any atom is -0.333 e. The third-order valence-electron chi connectivity index (χ3n) is 4.52. The van der Waals surface area contributed by atoms with E-state index in [0.717, 1.165) is 22.0 Å². The summed E-state index contributed by atoms with van der Waals surface area (Å²) < 4.78 is 1.89. The number of imidazole rings is 1. The summed E-state index contributed by atoms with van der Waals surface area (Å²) in [4.78, 5) is 32.8. The predicted molar refractivity (Wildman–Crippen MR) is 126 cm³/mol.